The molecule has 3 rings (SSSR count). The molecule has 8 radical (unpaired) electrons. The van der Waals surface area contributed by atoms with E-state index in [2.05, 4.69) is 25.6 Å². The molecule has 0 aliphatic carbocycles. The van der Waals surface area contributed by atoms with Gasteiger partial charge in [-0.1, -0.05) is 23.2 Å². The van der Waals surface area contributed by atoms with Crippen molar-refractivity contribution < 1.29 is 25.2 Å². The number of carbonyl (C=O) groups is 1. The average molecular weight is 522 g/mol. The van der Waals surface area contributed by atoms with E-state index in [1.54, 1.807) is 6.07 Å². The van der Waals surface area contributed by atoms with Crippen molar-refractivity contribution in [1.82, 2.24) is 20.3 Å². The van der Waals surface area contributed by atoms with Crippen molar-refractivity contribution in [3.05, 3.63) is 64.3 Å². The van der Waals surface area contributed by atoms with E-state index in [0.29, 0.717) is 21.7 Å². The molecule has 0 unspecified atom stereocenters. The minimum Gasteiger partial charge on any atom is -0.404 e. The number of H-pyrrole nitrogens is 1. The molecule has 7 N–H and O–H groups in total. The van der Waals surface area contributed by atoms with Crippen LogP contribution in [0.4, 0.5) is 5.82 Å². The second kappa shape index (κ2) is 10.5. The molecule has 0 bridgehead atoms. The fraction of sp³-hybridized carbons (Fsp3) is 0.250. The summed E-state index contributed by atoms with van der Waals surface area (Å²) >= 11 is 12.2. The third-order valence-corrected chi connectivity index (χ3v) is 5.69. The van der Waals surface area contributed by atoms with Gasteiger partial charge >= 0.3 is 0 Å². The fourth-order valence-electron chi connectivity index (χ4n) is 3.20. The van der Waals surface area contributed by atoms with Gasteiger partial charge in [0.25, 0.3) is 5.91 Å². The van der Waals surface area contributed by atoms with E-state index in [1.165, 1.54) is 36.9 Å². The van der Waals surface area contributed by atoms with Gasteiger partial charge in [0.05, 0.1) is 22.7 Å². The number of aliphatic hydroxyl groups excluding tert-OH is 1. The molecule has 0 fully saturated rings. The maximum atomic E-state index is 12.8. The summed E-state index contributed by atoms with van der Waals surface area (Å²) in [6.07, 6.45) is 5.53. The number of anilines is 1. The Bertz CT molecular complexity index is 1240. The monoisotopic (exact) mass is 521 g/mol. The van der Waals surface area contributed by atoms with Crippen molar-refractivity contribution in [3.63, 3.8) is 0 Å². The fourth-order valence-corrected chi connectivity index (χ4v) is 3.60. The molecule has 36 heavy (non-hydrogen) atoms. The van der Waals surface area contributed by atoms with Crippen LogP contribution in [0, 0.1) is 0 Å². The highest BCUT2D eigenvalue weighted by Crippen LogP contribution is 2.33. The molecule has 0 spiro atoms. The van der Waals surface area contributed by atoms with E-state index in [4.69, 9.17) is 54.6 Å². The number of aromatic amines is 1. The number of halogens is 2. The molecular weight excluding hydrogens is 504 g/mol. The predicted molar refractivity (Wildman–Crippen MR) is 137 cm³/mol. The zero-order valence-electron chi connectivity index (χ0n) is 18.5. The van der Waals surface area contributed by atoms with Crippen LogP contribution in [-0.2, 0) is 0 Å². The van der Waals surface area contributed by atoms with Crippen LogP contribution in [0.2, 0.25) is 10.0 Å². The molecule has 3 aromatic rings. The molecule has 0 saturated carbocycles. The molecule has 0 aliphatic rings. The molecule has 0 aliphatic heterocycles. The van der Waals surface area contributed by atoms with Gasteiger partial charge in [0.1, 0.15) is 42.9 Å². The Balaban J connectivity index is 1.86. The highest BCUT2D eigenvalue weighted by molar-refractivity contribution is 6.45. The number of carbonyl (C=O) groups excluding carboxylic acids is 1. The van der Waals surface area contributed by atoms with Crippen LogP contribution in [0.5, 0.6) is 0 Å². The number of pyridine rings is 2. The Morgan fingerprint density at radius 1 is 1.06 bits per heavy atom. The van der Waals surface area contributed by atoms with E-state index in [9.17, 15) is 25.2 Å². The summed E-state index contributed by atoms with van der Waals surface area (Å²) in [5.41, 5.74) is -1.72. The van der Waals surface area contributed by atoms with Crippen LogP contribution < -0.4 is 10.6 Å². The molecule has 0 saturated heterocycles. The number of rotatable bonds is 9. The molecule has 1 amide bonds. The molecule has 1 atom stereocenters. The highest BCUT2D eigenvalue weighted by atomic mass is 35.5. The normalized spacial score (nSPS) is 13.3. The maximum Gasteiger partial charge on any atom is 0.268 e. The first kappa shape index (κ1) is 28.1. The number of aromatic nitrogens is 3. The van der Waals surface area contributed by atoms with Gasteiger partial charge in [-0.3, -0.25) is 9.78 Å². The van der Waals surface area contributed by atoms with Gasteiger partial charge in [-0.05, 0) is 23.8 Å². The number of aliphatic hydroxyl groups is 4. The summed E-state index contributed by atoms with van der Waals surface area (Å²) in [7, 11) is 21.3. The highest BCUT2D eigenvalue weighted by Gasteiger charge is 2.51. The predicted octanol–water partition coefficient (Wildman–Crippen LogP) is -0.691. The smallest absolute Gasteiger partial charge is 0.268 e. The average Bonchev–Trinajstić information content (AvgIpc) is 3.27. The van der Waals surface area contributed by atoms with Crippen molar-refractivity contribution in [3.8, 4) is 11.1 Å². The molecular formula is C20H17B4Cl2N5O5. The quantitative estimate of drug-likeness (QED) is 0.144. The van der Waals surface area contributed by atoms with E-state index in [0.717, 1.165) is 0 Å². The molecule has 0 aromatic carbocycles. The Morgan fingerprint density at radius 2 is 1.72 bits per heavy atom. The topological polar surface area (TPSA) is 164 Å². The lowest BCUT2D eigenvalue weighted by Crippen LogP contribution is -2.73. The molecule has 16 heteroatoms. The number of hydrogen-bond donors (Lipinski definition) is 7. The lowest BCUT2D eigenvalue weighted by atomic mass is 9.46. The summed E-state index contributed by atoms with van der Waals surface area (Å²) in [5.74, 6) is -0.743. The van der Waals surface area contributed by atoms with Gasteiger partial charge in [-0.2, -0.15) is 0 Å². The maximum absolute atomic E-state index is 12.8. The Kier molecular flexibility index (Phi) is 8.19. The van der Waals surface area contributed by atoms with Crippen molar-refractivity contribution >= 4 is 66.3 Å². The van der Waals surface area contributed by atoms with Crippen molar-refractivity contribution in [2.45, 2.75) is 22.6 Å². The summed E-state index contributed by atoms with van der Waals surface area (Å²) < 4.78 is 0. The van der Waals surface area contributed by atoms with Crippen LogP contribution in [0.15, 0.2) is 43.0 Å². The SMILES string of the molecule is [B]C([B])(O)C(O)(Nc1cc(-c2c[nH]c(C(=O)N[C@H](CO)c3cncc(Cl)c3)c2)c(Cl)cn1)C([B])([B])O. The van der Waals surface area contributed by atoms with E-state index in [1.807, 2.05) is 0 Å². The van der Waals surface area contributed by atoms with Crippen molar-refractivity contribution in [2.75, 3.05) is 11.9 Å². The number of amides is 1. The zero-order chi connectivity index (χ0) is 26.9. The van der Waals surface area contributed by atoms with E-state index < -0.39 is 35.1 Å². The molecule has 178 valence electrons. The van der Waals surface area contributed by atoms with Crippen LogP contribution >= 0.6 is 23.2 Å². The molecule has 10 nitrogen and oxygen atoms in total. The van der Waals surface area contributed by atoms with Gasteiger partial charge in [0.2, 0.25) is 0 Å². The Hall–Kier alpha value is -2.47. The van der Waals surface area contributed by atoms with Gasteiger partial charge in [0.15, 0.2) is 5.72 Å². The minimum absolute atomic E-state index is 0.119. The molecule has 3 aromatic heterocycles. The first-order valence-electron chi connectivity index (χ1n) is 10.1. The van der Waals surface area contributed by atoms with Gasteiger partial charge < -0.3 is 36.0 Å². The second-order valence-corrected chi connectivity index (χ2v) is 8.83. The summed E-state index contributed by atoms with van der Waals surface area (Å²) in [6.45, 7) is -0.404. The second-order valence-electron chi connectivity index (χ2n) is 7.98. The first-order chi connectivity index (χ1) is 16.7. The number of nitrogens with one attached hydrogen (secondary N) is 3. The lowest BCUT2D eigenvalue weighted by molar-refractivity contribution is -0.105. The van der Waals surface area contributed by atoms with Crippen molar-refractivity contribution in [1.29, 1.82) is 0 Å². The summed E-state index contributed by atoms with van der Waals surface area (Å²) in [4.78, 5) is 23.4. The number of hydrogen-bond acceptors (Lipinski definition) is 8. The standard InChI is InChI=1S/C20H17B4Cl2N5O5/c21-19(22,35)18(34,20(23,24)36)31-16-3-12(13(26)7-29-16)9-2-14(28-5-9)17(33)30-15(8-32)10-1-11(25)6-27-4-10/h1-7,15,28,32,34-36H,8H2,(H,29,31)(H,30,33)/t15-/m1/s1. The van der Waals surface area contributed by atoms with Crippen LogP contribution in [0.1, 0.15) is 22.1 Å². The third-order valence-electron chi connectivity index (χ3n) is 5.18. The molecule has 3 heterocycles. The summed E-state index contributed by atoms with van der Waals surface area (Å²) in [6, 6.07) is 3.55. The Morgan fingerprint density at radius 3 is 2.31 bits per heavy atom. The van der Waals surface area contributed by atoms with E-state index >= 15 is 0 Å². The third kappa shape index (κ3) is 5.91. The van der Waals surface area contributed by atoms with Crippen LogP contribution in [0.3, 0.4) is 0 Å². The van der Waals surface area contributed by atoms with Gasteiger partial charge in [0, 0.05) is 46.7 Å². The zero-order valence-corrected chi connectivity index (χ0v) is 20.0. The first-order valence-corrected chi connectivity index (χ1v) is 10.9. The van der Waals surface area contributed by atoms with Gasteiger partial charge in [-0.25, -0.2) is 4.98 Å². The lowest BCUT2D eigenvalue weighted by Gasteiger charge is -2.49. The number of nitrogens with zero attached hydrogens (tertiary/aromatic N) is 2. The van der Waals surface area contributed by atoms with Crippen molar-refractivity contribution in [2.24, 2.45) is 0 Å². The summed E-state index contributed by atoms with van der Waals surface area (Å²) in [5, 5.41) is 39.5. The van der Waals surface area contributed by atoms with Gasteiger partial charge in [-0.15, -0.1) is 0 Å². The van der Waals surface area contributed by atoms with E-state index in [-0.39, 0.29) is 16.5 Å². The van der Waals surface area contributed by atoms with Crippen LogP contribution in [-0.4, -0.2) is 95.8 Å². The van der Waals surface area contributed by atoms with Crippen LogP contribution in [0.25, 0.3) is 11.1 Å². The largest absolute Gasteiger partial charge is 0.404 e. The Labute approximate surface area is 221 Å². The minimum atomic E-state index is -3.06.